The highest BCUT2D eigenvalue weighted by Gasteiger charge is 2.09. The summed E-state index contributed by atoms with van der Waals surface area (Å²) in [7, 11) is 0. The molecule has 5 heteroatoms. The topological polar surface area (TPSA) is 53.8 Å². The van der Waals surface area contributed by atoms with Gasteiger partial charge in [0.2, 0.25) is 0 Å². The van der Waals surface area contributed by atoms with Gasteiger partial charge in [0, 0.05) is 12.6 Å². The lowest BCUT2D eigenvalue weighted by Crippen LogP contribution is -2.34. The Labute approximate surface area is 102 Å². The Kier molecular flexibility index (Phi) is 6.84. The van der Waals surface area contributed by atoms with Crippen LogP contribution in [-0.2, 0) is 4.84 Å². The van der Waals surface area contributed by atoms with Crippen molar-refractivity contribution in [2.24, 2.45) is 5.16 Å². The third kappa shape index (κ3) is 6.35. The van der Waals surface area contributed by atoms with Crippen molar-refractivity contribution in [2.45, 2.75) is 38.8 Å². The van der Waals surface area contributed by atoms with Crippen molar-refractivity contribution in [3.05, 3.63) is 0 Å². The predicted octanol–water partition coefficient (Wildman–Crippen LogP) is 1.24. The van der Waals surface area contributed by atoms with Crippen LogP contribution < -0.4 is 5.32 Å². The van der Waals surface area contributed by atoms with E-state index in [1.165, 1.54) is 0 Å². The van der Waals surface area contributed by atoms with Crippen molar-refractivity contribution >= 4 is 17.5 Å². The monoisotopic (exact) mass is 246 g/mol. The molecule has 2 N–H and O–H groups in total. The van der Waals surface area contributed by atoms with Gasteiger partial charge in [0.15, 0.2) is 0 Å². The van der Waals surface area contributed by atoms with Crippen molar-refractivity contribution in [1.82, 2.24) is 5.32 Å². The van der Waals surface area contributed by atoms with E-state index in [2.05, 4.69) is 10.5 Å². The zero-order valence-electron chi connectivity index (χ0n) is 10.1. The molecule has 0 amide bonds. The summed E-state index contributed by atoms with van der Waals surface area (Å²) in [6, 6.07) is 0.385. The molecule has 0 aromatic rings. The molecule has 94 valence electrons. The SMILES string of the molecule is CC(C)NCC(O)CON=C1CCSCC1. The first-order chi connectivity index (χ1) is 7.68. The second kappa shape index (κ2) is 7.92. The van der Waals surface area contributed by atoms with Crippen LogP contribution in [0.25, 0.3) is 0 Å². The van der Waals surface area contributed by atoms with Crippen molar-refractivity contribution in [2.75, 3.05) is 24.7 Å². The smallest absolute Gasteiger partial charge is 0.144 e. The summed E-state index contributed by atoms with van der Waals surface area (Å²) in [6.45, 7) is 4.93. The molecule has 0 bridgehead atoms. The average Bonchev–Trinajstić information content (AvgIpc) is 2.28. The number of rotatable bonds is 6. The fourth-order valence-corrected chi connectivity index (χ4v) is 2.31. The van der Waals surface area contributed by atoms with Crippen molar-refractivity contribution in [3.8, 4) is 0 Å². The number of hydrogen-bond donors (Lipinski definition) is 2. The quantitative estimate of drug-likeness (QED) is 0.693. The summed E-state index contributed by atoms with van der Waals surface area (Å²) in [5.74, 6) is 2.28. The molecule has 1 aliphatic rings. The number of aliphatic hydroxyl groups excluding tert-OH is 1. The highest BCUT2D eigenvalue weighted by Crippen LogP contribution is 2.14. The van der Waals surface area contributed by atoms with E-state index in [0.717, 1.165) is 30.1 Å². The Hall–Kier alpha value is -0.260. The van der Waals surface area contributed by atoms with Gasteiger partial charge in [0.1, 0.15) is 12.7 Å². The van der Waals surface area contributed by atoms with Gasteiger partial charge in [0.05, 0.1) is 5.71 Å². The number of hydrogen-bond acceptors (Lipinski definition) is 5. The number of oxime groups is 1. The second-order valence-electron chi connectivity index (χ2n) is 4.28. The Balaban J connectivity index is 2.08. The minimum Gasteiger partial charge on any atom is -0.393 e. The Morgan fingerprint density at radius 2 is 2.12 bits per heavy atom. The summed E-state index contributed by atoms with van der Waals surface area (Å²) in [6.07, 6.45) is 1.56. The first kappa shape index (κ1) is 13.8. The summed E-state index contributed by atoms with van der Waals surface area (Å²) in [5.41, 5.74) is 1.13. The maximum atomic E-state index is 9.57. The lowest BCUT2D eigenvalue weighted by atomic mass is 10.2. The van der Waals surface area contributed by atoms with Gasteiger partial charge in [-0.3, -0.25) is 0 Å². The molecule has 1 heterocycles. The fourth-order valence-electron chi connectivity index (χ4n) is 1.34. The number of nitrogens with zero attached hydrogens (tertiary/aromatic N) is 1. The largest absolute Gasteiger partial charge is 0.393 e. The third-order valence-electron chi connectivity index (χ3n) is 2.29. The van der Waals surface area contributed by atoms with Gasteiger partial charge in [-0.05, 0) is 24.3 Å². The van der Waals surface area contributed by atoms with Crippen molar-refractivity contribution < 1.29 is 9.94 Å². The van der Waals surface area contributed by atoms with Gasteiger partial charge < -0.3 is 15.3 Å². The van der Waals surface area contributed by atoms with E-state index >= 15 is 0 Å². The first-order valence-electron chi connectivity index (χ1n) is 5.85. The van der Waals surface area contributed by atoms with Crippen LogP contribution in [0, 0.1) is 0 Å². The van der Waals surface area contributed by atoms with Gasteiger partial charge in [-0.15, -0.1) is 0 Å². The molecule has 1 fully saturated rings. The molecule has 1 unspecified atom stereocenters. The lowest BCUT2D eigenvalue weighted by Gasteiger charge is -2.14. The van der Waals surface area contributed by atoms with Crippen LogP contribution in [0.15, 0.2) is 5.16 Å². The van der Waals surface area contributed by atoms with Crippen LogP contribution in [0.2, 0.25) is 0 Å². The molecule has 0 aromatic heterocycles. The summed E-state index contributed by atoms with van der Waals surface area (Å²) in [4.78, 5) is 5.16. The highest BCUT2D eigenvalue weighted by molar-refractivity contribution is 7.99. The van der Waals surface area contributed by atoms with Crippen LogP contribution in [0.3, 0.4) is 0 Å². The van der Waals surface area contributed by atoms with Crippen molar-refractivity contribution in [3.63, 3.8) is 0 Å². The fraction of sp³-hybridized carbons (Fsp3) is 0.909. The molecule has 4 nitrogen and oxygen atoms in total. The van der Waals surface area contributed by atoms with E-state index in [4.69, 9.17) is 4.84 Å². The molecule has 0 spiro atoms. The Morgan fingerprint density at radius 3 is 2.75 bits per heavy atom. The molecule has 0 aliphatic carbocycles. The second-order valence-corrected chi connectivity index (χ2v) is 5.51. The minimum absolute atomic E-state index is 0.274. The van der Waals surface area contributed by atoms with Gasteiger partial charge in [-0.2, -0.15) is 11.8 Å². The zero-order chi connectivity index (χ0) is 11.8. The molecule has 1 rings (SSSR count). The minimum atomic E-state index is -0.482. The van der Waals surface area contributed by atoms with Crippen molar-refractivity contribution in [1.29, 1.82) is 0 Å². The average molecular weight is 246 g/mol. The predicted molar refractivity (Wildman–Crippen MR) is 69.1 cm³/mol. The molecule has 1 aliphatic heterocycles. The summed E-state index contributed by atoms with van der Waals surface area (Å²) in [5, 5.41) is 16.8. The maximum Gasteiger partial charge on any atom is 0.144 e. The molecule has 0 saturated carbocycles. The normalized spacial score (nSPS) is 18.6. The summed E-state index contributed by atoms with van der Waals surface area (Å²) >= 11 is 1.95. The van der Waals surface area contributed by atoms with E-state index in [-0.39, 0.29) is 6.61 Å². The van der Waals surface area contributed by atoms with E-state index in [0.29, 0.717) is 12.6 Å². The van der Waals surface area contributed by atoms with Gasteiger partial charge in [-0.25, -0.2) is 0 Å². The summed E-state index contributed by atoms with van der Waals surface area (Å²) < 4.78 is 0. The van der Waals surface area contributed by atoms with Crippen LogP contribution in [-0.4, -0.2) is 47.6 Å². The molecular weight excluding hydrogens is 224 g/mol. The number of aliphatic hydroxyl groups is 1. The molecule has 0 radical (unpaired) electrons. The Bertz CT molecular complexity index is 214. The van der Waals surface area contributed by atoms with E-state index in [1.807, 2.05) is 25.6 Å². The molecule has 0 aromatic carbocycles. The first-order valence-corrected chi connectivity index (χ1v) is 7.01. The lowest BCUT2D eigenvalue weighted by molar-refractivity contribution is 0.0390. The van der Waals surface area contributed by atoms with Crippen LogP contribution in [0.1, 0.15) is 26.7 Å². The maximum absolute atomic E-state index is 9.57. The highest BCUT2D eigenvalue weighted by atomic mass is 32.2. The molecule has 16 heavy (non-hydrogen) atoms. The standard InChI is InChI=1S/C11H22N2O2S/c1-9(2)12-7-11(14)8-15-13-10-3-5-16-6-4-10/h9,11-12,14H,3-8H2,1-2H3. The van der Waals surface area contributed by atoms with Crippen LogP contribution in [0.4, 0.5) is 0 Å². The van der Waals surface area contributed by atoms with Gasteiger partial charge in [0.25, 0.3) is 0 Å². The van der Waals surface area contributed by atoms with Gasteiger partial charge >= 0.3 is 0 Å². The Morgan fingerprint density at radius 1 is 1.44 bits per heavy atom. The molecule has 1 atom stereocenters. The number of thioether (sulfide) groups is 1. The van der Waals surface area contributed by atoms with Crippen LogP contribution >= 0.6 is 11.8 Å². The third-order valence-corrected chi connectivity index (χ3v) is 3.28. The molecule has 1 saturated heterocycles. The van der Waals surface area contributed by atoms with E-state index in [1.54, 1.807) is 0 Å². The zero-order valence-corrected chi connectivity index (χ0v) is 10.9. The van der Waals surface area contributed by atoms with Crippen LogP contribution in [0.5, 0.6) is 0 Å². The van der Waals surface area contributed by atoms with E-state index in [9.17, 15) is 5.11 Å². The number of nitrogens with one attached hydrogen (secondary N) is 1. The van der Waals surface area contributed by atoms with E-state index < -0.39 is 6.10 Å². The molecular formula is C11H22N2O2S. The van der Waals surface area contributed by atoms with Gasteiger partial charge in [-0.1, -0.05) is 19.0 Å².